The molecule has 1 atom stereocenters. The van der Waals surface area contributed by atoms with Crippen LogP contribution in [-0.4, -0.2) is 31.1 Å². The second-order valence-electron chi connectivity index (χ2n) is 5.15. The van der Waals surface area contributed by atoms with E-state index in [9.17, 15) is 0 Å². The van der Waals surface area contributed by atoms with Gasteiger partial charge in [-0.25, -0.2) is 0 Å². The van der Waals surface area contributed by atoms with Gasteiger partial charge in [0.15, 0.2) is 0 Å². The third kappa shape index (κ3) is 3.81. The van der Waals surface area contributed by atoms with Crippen molar-refractivity contribution in [2.45, 2.75) is 26.9 Å². The van der Waals surface area contributed by atoms with E-state index in [1.807, 2.05) is 0 Å². The topological polar surface area (TPSA) is 12.5 Å². The molecule has 0 N–H and O–H groups in total. The molecule has 1 unspecified atom stereocenters. The lowest BCUT2D eigenvalue weighted by atomic mass is 10.0. The molecule has 0 saturated carbocycles. The first-order valence-corrected chi connectivity index (χ1v) is 7.57. The summed E-state index contributed by atoms with van der Waals surface area (Å²) in [5.74, 6) is 0. The molecule has 0 fully saturated rings. The molecule has 2 aromatic rings. The number of fused-ring (bicyclic) bond motifs is 1. The van der Waals surface area contributed by atoms with Gasteiger partial charge in [0, 0.05) is 6.54 Å². The van der Waals surface area contributed by atoms with E-state index < -0.39 is 0 Å². The van der Waals surface area contributed by atoms with E-state index in [1.165, 1.54) is 16.3 Å². The van der Waals surface area contributed by atoms with Crippen LogP contribution in [0.15, 0.2) is 42.5 Å². The Kier molecular flexibility index (Phi) is 5.57. The number of benzene rings is 2. The number of hydrogen-bond acceptors (Lipinski definition) is 2. The van der Waals surface area contributed by atoms with Gasteiger partial charge in [-0.05, 0) is 42.4 Å². The third-order valence-electron chi connectivity index (χ3n) is 3.91. The number of likely N-dealkylation sites (N-methyl/N-ethyl adjacent to an activating group) is 1. The molecule has 0 radical (unpaired) electrons. The maximum Gasteiger partial charge on any atom is 0.0797 e. The predicted octanol–water partition coefficient (Wildman–Crippen LogP) is 4.26. The van der Waals surface area contributed by atoms with Gasteiger partial charge >= 0.3 is 0 Å². The molecule has 2 nitrogen and oxygen atoms in total. The summed E-state index contributed by atoms with van der Waals surface area (Å²) in [4.78, 5) is 2.38. The molecular formula is C18H25NO. The van der Waals surface area contributed by atoms with E-state index in [4.69, 9.17) is 4.74 Å². The minimum absolute atomic E-state index is 0.148. The van der Waals surface area contributed by atoms with Crippen LogP contribution >= 0.6 is 0 Å². The van der Waals surface area contributed by atoms with Crippen LogP contribution in [0.4, 0.5) is 0 Å². The summed E-state index contributed by atoms with van der Waals surface area (Å²) < 4.78 is 5.97. The van der Waals surface area contributed by atoms with Crippen molar-refractivity contribution in [1.82, 2.24) is 4.90 Å². The minimum atomic E-state index is 0.148. The van der Waals surface area contributed by atoms with Crippen molar-refractivity contribution in [3.63, 3.8) is 0 Å². The van der Waals surface area contributed by atoms with Gasteiger partial charge in [0.2, 0.25) is 0 Å². The van der Waals surface area contributed by atoms with Crippen LogP contribution in [-0.2, 0) is 4.74 Å². The molecule has 2 rings (SSSR count). The molecule has 0 spiro atoms. The van der Waals surface area contributed by atoms with Crippen LogP contribution in [0.25, 0.3) is 10.8 Å². The molecule has 0 aromatic heterocycles. The molecule has 0 bridgehead atoms. The fourth-order valence-corrected chi connectivity index (χ4v) is 2.46. The fraction of sp³-hybridized carbons (Fsp3) is 0.444. The first-order chi connectivity index (χ1) is 9.74. The van der Waals surface area contributed by atoms with Gasteiger partial charge in [0.25, 0.3) is 0 Å². The van der Waals surface area contributed by atoms with E-state index in [0.29, 0.717) is 0 Å². The van der Waals surface area contributed by atoms with Crippen LogP contribution in [0.1, 0.15) is 32.4 Å². The summed E-state index contributed by atoms with van der Waals surface area (Å²) in [5.41, 5.74) is 1.25. The maximum atomic E-state index is 5.97. The largest absolute Gasteiger partial charge is 0.372 e. The lowest BCUT2D eigenvalue weighted by molar-refractivity contribution is 0.0496. The predicted molar refractivity (Wildman–Crippen MR) is 86.1 cm³/mol. The average molecular weight is 271 g/mol. The van der Waals surface area contributed by atoms with Gasteiger partial charge in [0.1, 0.15) is 0 Å². The Labute approximate surface area is 122 Å². The second kappa shape index (κ2) is 7.41. The molecule has 108 valence electrons. The molecule has 0 saturated heterocycles. The maximum absolute atomic E-state index is 5.97. The Bertz CT molecular complexity index is 534. The van der Waals surface area contributed by atoms with Crippen molar-refractivity contribution in [1.29, 1.82) is 0 Å². The van der Waals surface area contributed by atoms with E-state index in [-0.39, 0.29) is 6.10 Å². The lowest BCUT2D eigenvalue weighted by Crippen LogP contribution is -2.27. The van der Waals surface area contributed by atoms with Gasteiger partial charge in [0.05, 0.1) is 12.7 Å². The summed E-state index contributed by atoms with van der Waals surface area (Å²) in [6, 6.07) is 15.0. The second-order valence-corrected chi connectivity index (χ2v) is 5.15. The van der Waals surface area contributed by atoms with Crippen LogP contribution in [0.3, 0.4) is 0 Å². The molecule has 0 aliphatic rings. The van der Waals surface area contributed by atoms with Gasteiger partial charge < -0.3 is 9.64 Å². The summed E-state index contributed by atoms with van der Waals surface area (Å²) in [6.45, 7) is 10.5. The zero-order valence-electron chi connectivity index (χ0n) is 12.8. The van der Waals surface area contributed by atoms with Gasteiger partial charge in [-0.2, -0.15) is 0 Å². The Balaban J connectivity index is 1.95. The average Bonchev–Trinajstić information content (AvgIpc) is 2.51. The highest BCUT2D eigenvalue weighted by Crippen LogP contribution is 2.22. The SMILES string of the molecule is CCN(CC)CCOC(C)c1ccc2ccccc2c1. The Morgan fingerprint density at radius 3 is 2.40 bits per heavy atom. The quantitative estimate of drug-likeness (QED) is 0.746. The summed E-state index contributed by atoms with van der Waals surface area (Å²) >= 11 is 0. The highest BCUT2D eigenvalue weighted by atomic mass is 16.5. The van der Waals surface area contributed by atoms with Crippen molar-refractivity contribution < 1.29 is 4.74 Å². The normalized spacial score (nSPS) is 13.0. The molecule has 2 heteroatoms. The summed E-state index contributed by atoms with van der Waals surface area (Å²) in [7, 11) is 0. The molecule has 0 aliphatic heterocycles. The van der Waals surface area contributed by atoms with Crippen LogP contribution < -0.4 is 0 Å². The van der Waals surface area contributed by atoms with Crippen LogP contribution in [0, 0.1) is 0 Å². The first kappa shape index (κ1) is 15.0. The standard InChI is InChI=1S/C18H25NO/c1-4-19(5-2)12-13-20-15(3)17-11-10-16-8-6-7-9-18(16)14-17/h6-11,14-15H,4-5,12-13H2,1-3H3. The zero-order chi connectivity index (χ0) is 14.4. The smallest absolute Gasteiger partial charge is 0.0797 e. The number of hydrogen-bond donors (Lipinski definition) is 0. The molecule has 0 amide bonds. The Hall–Kier alpha value is -1.38. The number of ether oxygens (including phenoxy) is 1. The van der Waals surface area contributed by atoms with Crippen molar-refractivity contribution in [2.24, 2.45) is 0 Å². The molecule has 20 heavy (non-hydrogen) atoms. The highest BCUT2D eigenvalue weighted by molar-refractivity contribution is 5.83. The number of rotatable bonds is 7. The van der Waals surface area contributed by atoms with Crippen molar-refractivity contribution >= 4 is 10.8 Å². The van der Waals surface area contributed by atoms with Gasteiger partial charge in [-0.1, -0.05) is 50.2 Å². The lowest BCUT2D eigenvalue weighted by Gasteiger charge is -2.20. The Morgan fingerprint density at radius 2 is 1.70 bits per heavy atom. The van der Waals surface area contributed by atoms with Crippen LogP contribution in [0.2, 0.25) is 0 Å². The monoisotopic (exact) mass is 271 g/mol. The fourth-order valence-electron chi connectivity index (χ4n) is 2.46. The van der Waals surface area contributed by atoms with E-state index in [2.05, 4.69) is 68.1 Å². The van der Waals surface area contributed by atoms with Crippen LogP contribution in [0.5, 0.6) is 0 Å². The molecule has 0 aliphatic carbocycles. The first-order valence-electron chi connectivity index (χ1n) is 7.57. The van der Waals surface area contributed by atoms with E-state index >= 15 is 0 Å². The third-order valence-corrected chi connectivity index (χ3v) is 3.91. The highest BCUT2D eigenvalue weighted by Gasteiger charge is 2.07. The molecular weight excluding hydrogens is 246 g/mol. The van der Waals surface area contributed by atoms with E-state index in [0.717, 1.165) is 26.2 Å². The molecule has 0 heterocycles. The van der Waals surface area contributed by atoms with Gasteiger partial charge in [-0.15, -0.1) is 0 Å². The number of nitrogens with zero attached hydrogens (tertiary/aromatic N) is 1. The minimum Gasteiger partial charge on any atom is -0.372 e. The summed E-state index contributed by atoms with van der Waals surface area (Å²) in [6.07, 6.45) is 0.148. The van der Waals surface area contributed by atoms with Gasteiger partial charge in [-0.3, -0.25) is 0 Å². The van der Waals surface area contributed by atoms with Crippen molar-refractivity contribution in [3.05, 3.63) is 48.0 Å². The molecule has 2 aromatic carbocycles. The van der Waals surface area contributed by atoms with Crippen molar-refractivity contribution in [3.8, 4) is 0 Å². The Morgan fingerprint density at radius 1 is 1.00 bits per heavy atom. The van der Waals surface area contributed by atoms with E-state index in [1.54, 1.807) is 0 Å². The summed E-state index contributed by atoms with van der Waals surface area (Å²) in [5, 5.41) is 2.57. The van der Waals surface area contributed by atoms with Crippen molar-refractivity contribution in [2.75, 3.05) is 26.2 Å². The zero-order valence-corrected chi connectivity index (χ0v) is 12.8.